The van der Waals surface area contributed by atoms with Crippen LogP contribution in [0.4, 0.5) is 0 Å². The number of nitriles is 1. The number of ketones is 1. The Hall–Kier alpha value is -2.87. The number of hydrogen-bond donors (Lipinski definition) is 1. The summed E-state index contributed by atoms with van der Waals surface area (Å²) in [5, 5.41) is 11.6. The van der Waals surface area contributed by atoms with Crippen LogP contribution in [0.15, 0.2) is 36.5 Å². The zero-order valence-corrected chi connectivity index (χ0v) is 12.6. The van der Waals surface area contributed by atoms with Crippen LogP contribution in [0.25, 0.3) is 0 Å². The molecule has 112 valence electrons. The minimum atomic E-state index is -0.223. The third-order valence-electron chi connectivity index (χ3n) is 3.41. The number of carbonyl (C=O) groups is 2. The second-order valence-electron chi connectivity index (χ2n) is 4.95. The Morgan fingerprint density at radius 3 is 2.50 bits per heavy atom. The quantitative estimate of drug-likeness (QED) is 0.861. The summed E-state index contributed by atoms with van der Waals surface area (Å²) in [6, 6.07) is 10.7. The number of benzene rings is 1. The van der Waals surface area contributed by atoms with Gasteiger partial charge in [0.25, 0.3) is 5.91 Å². The maximum absolute atomic E-state index is 12.3. The first-order chi connectivity index (χ1) is 10.5. The van der Waals surface area contributed by atoms with Crippen LogP contribution in [0.1, 0.15) is 45.8 Å². The Morgan fingerprint density at radius 1 is 1.27 bits per heavy atom. The molecular formula is C17H17N3O2. The van der Waals surface area contributed by atoms with Gasteiger partial charge in [-0.15, -0.1) is 0 Å². The first kappa shape index (κ1) is 15.5. The Bertz CT molecular complexity index is 736. The second kappa shape index (κ2) is 6.72. The van der Waals surface area contributed by atoms with Crippen molar-refractivity contribution >= 4 is 11.7 Å². The molecule has 1 amide bonds. The predicted octanol–water partition coefficient (Wildman–Crippen LogP) is 2.51. The maximum Gasteiger partial charge on any atom is 0.268 e. The van der Waals surface area contributed by atoms with Crippen molar-refractivity contribution < 1.29 is 9.59 Å². The summed E-state index contributed by atoms with van der Waals surface area (Å²) >= 11 is 0. The molecule has 0 radical (unpaired) electrons. The molecule has 0 aliphatic rings. The van der Waals surface area contributed by atoms with E-state index in [1.807, 2.05) is 6.92 Å². The zero-order chi connectivity index (χ0) is 16.1. The number of aromatic nitrogens is 1. The molecule has 0 saturated carbocycles. The summed E-state index contributed by atoms with van der Waals surface area (Å²) in [7, 11) is 0. The van der Waals surface area contributed by atoms with Gasteiger partial charge in [-0.2, -0.15) is 5.26 Å². The number of Topliss-reactive ketones (excluding diaryl/α,β-unsaturated/α-hetero) is 1. The fourth-order valence-corrected chi connectivity index (χ4v) is 2.13. The standard InChI is InChI=1S/C17H17N3O2/c1-3-20-11-15(12(2)21)8-16(20)17(22)19-10-14-6-4-13(9-18)5-7-14/h4-8,11H,3,10H2,1-2H3,(H,19,22). The molecule has 0 atom stereocenters. The number of nitrogens with one attached hydrogen (secondary N) is 1. The minimum absolute atomic E-state index is 0.0617. The van der Waals surface area contributed by atoms with Crippen LogP contribution in [-0.4, -0.2) is 16.3 Å². The molecule has 5 heteroatoms. The lowest BCUT2D eigenvalue weighted by atomic mass is 10.1. The van der Waals surface area contributed by atoms with Gasteiger partial charge in [0.15, 0.2) is 5.78 Å². The molecule has 1 heterocycles. The molecule has 0 aliphatic carbocycles. The van der Waals surface area contributed by atoms with Gasteiger partial charge in [0, 0.05) is 24.8 Å². The molecule has 0 unspecified atom stereocenters. The molecule has 1 N–H and O–H groups in total. The highest BCUT2D eigenvalue weighted by Gasteiger charge is 2.14. The third kappa shape index (κ3) is 3.41. The van der Waals surface area contributed by atoms with E-state index in [4.69, 9.17) is 5.26 Å². The normalized spacial score (nSPS) is 10.0. The van der Waals surface area contributed by atoms with Crippen LogP contribution >= 0.6 is 0 Å². The van der Waals surface area contributed by atoms with E-state index in [9.17, 15) is 9.59 Å². The highest BCUT2D eigenvalue weighted by Crippen LogP contribution is 2.10. The molecule has 0 spiro atoms. The second-order valence-corrected chi connectivity index (χ2v) is 4.95. The van der Waals surface area contributed by atoms with E-state index in [1.54, 1.807) is 41.1 Å². The molecule has 5 nitrogen and oxygen atoms in total. The van der Waals surface area contributed by atoms with Gasteiger partial charge in [0.05, 0.1) is 11.6 Å². The van der Waals surface area contributed by atoms with E-state index < -0.39 is 0 Å². The van der Waals surface area contributed by atoms with Gasteiger partial charge in [-0.25, -0.2) is 0 Å². The van der Waals surface area contributed by atoms with Crippen LogP contribution in [0, 0.1) is 11.3 Å². The molecule has 0 bridgehead atoms. The molecule has 22 heavy (non-hydrogen) atoms. The number of hydrogen-bond acceptors (Lipinski definition) is 3. The highest BCUT2D eigenvalue weighted by molar-refractivity contribution is 5.99. The number of carbonyl (C=O) groups excluding carboxylic acids is 2. The average molecular weight is 295 g/mol. The predicted molar refractivity (Wildman–Crippen MR) is 82.4 cm³/mol. The largest absolute Gasteiger partial charge is 0.347 e. The van der Waals surface area contributed by atoms with E-state index >= 15 is 0 Å². The van der Waals surface area contributed by atoms with E-state index in [2.05, 4.69) is 11.4 Å². The fraction of sp³-hybridized carbons (Fsp3) is 0.235. The molecule has 1 aromatic heterocycles. The summed E-state index contributed by atoms with van der Waals surface area (Å²) in [4.78, 5) is 23.7. The SMILES string of the molecule is CCn1cc(C(C)=O)cc1C(=O)NCc1ccc(C#N)cc1. The Labute approximate surface area is 129 Å². The summed E-state index contributed by atoms with van der Waals surface area (Å²) in [6.07, 6.45) is 1.69. The van der Waals surface area contributed by atoms with Crippen LogP contribution < -0.4 is 5.32 Å². The first-order valence-electron chi connectivity index (χ1n) is 7.03. The lowest BCUT2D eigenvalue weighted by Crippen LogP contribution is -2.25. The van der Waals surface area contributed by atoms with Gasteiger partial charge in [-0.1, -0.05) is 12.1 Å². The average Bonchev–Trinajstić information content (AvgIpc) is 2.97. The lowest BCUT2D eigenvalue weighted by molar-refractivity contribution is 0.0941. The molecule has 0 saturated heterocycles. The molecular weight excluding hydrogens is 278 g/mol. The summed E-state index contributed by atoms with van der Waals surface area (Å²) in [6.45, 7) is 4.39. The van der Waals surface area contributed by atoms with Crippen LogP contribution in [0.2, 0.25) is 0 Å². The first-order valence-corrected chi connectivity index (χ1v) is 7.03. The van der Waals surface area contributed by atoms with Gasteiger partial charge < -0.3 is 9.88 Å². The molecule has 0 aliphatic heterocycles. The number of aryl methyl sites for hydroxylation is 1. The van der Waals surface area contributed by atoms with E-state index in [0.29, 0.717) is 29.9 Å². The van der Waals surface area contributed by atoms with Crippen LogP contribution in [0.5, 0.6) is 0 Å². The van der Waals surface area contributed by atoms with Crippen molar-refractivity contribution in [2.45, 2.75) is 26.9 Å². The van der Waals surface area contributed by atoms with Gasteiger partial charge >= 0.3 is 0 Å². The Morgan fingerprint density at radius 2 is 1.95 bits per heavy atom. The highest BCUT2D eigenvalue weighted by atomic mass is 16.2. The van der Waals surface area contributed by atoms with E-state index in [1.165, 1.54) is 6.92 Å². The van der Waals surface area contributed by atoms with Crippen molar-refractivity contribution in [1.82, 2.24) is 9.88 Å². The molecule has 2 rings (SSSR count). The molecule has 0 fully saturated rings. The Balaban J connectivity index is 2.08. The van der Waals surface area contributed by atoms with E-state index in [0.717, 1.165) is 5.56 Å². The minimum Gasteiger partial charge on any atom is -0.347 e. The van der Waals surface area contributed by atoms with Crippen molar-refractivity contribution in [2.24, 2.45) is 0 Å². The van der Waals surface area contributed by atoms with Crippen LogP contribution in [0.3, 0.4) is 0 Å². The van der Waals surface area contributed by atoms with Gasteiger partial charge in [0.2, 0.25) is 0 Å². The summed E-state index contributed by atoms with van der Waals surface area (Å²) < 4.78 is 1.75. The van der Waals surface area contributed by atoms with Crippen molar-refractivity contribution in [3.05, 3.63) is 58.9 Å². The van der Waals surface area contributed by atoms with Gasteiger partial charge in [-0.05, 0) is 37.6 Å². The Kier molecular flexibility index (Phi) is 4.74. The molecule has 2 aromatic rings. The number of rotatable bonds is 5. The van der Waals surface area contributed by atoms with Crippen molar-refractivity contribution in [2.75, 3.05) is 0 Å². The smallest absolute Gasteiger partial charge is 0.268 e. The van der Waals surface area contributed by atoms with E-state index in [-0.39, 0.29) is 11.7 Å². The van der Waals surface area contributed by atoms with Crippen molar-refractivity contribution in [3.63, 3.8) is 0 Å². The topological polar surface area (TPSA) is 74.9 Å². The monoisotopic (exact) mass is 295 g/mol. The van der Waals surface area contributed by atoms with Crippen molar-refractivity contribution in [1.29, 1.82) is 5.26 Å². The number of amides is 1. The number of nitrogens with zero attached hydrogens (tertiary/aromatic N) is 2. The van der Waals surface area contributed by atoms with Crippen LogP contribution in [-0.2, 0) is 13.1 Å². The third-order valence-corrected chi connectivity index (χ3v) is 3.41. The molecule has 1 aromatic carbocycles. The lowest BCUT2D eigenvalue weighted by Gasteiger charge is -2.07. The summed E-state index contributed by atoms with van der Waals surface area (Å²) in [5.74, 6) is -0.285. The van der Waals surface area contributed by atoms with Crippen molar-refractivity contribution in [3.8, 4) is 6.07 Å². The van der Waals surface area contributed by atoms with Gasteiger partial charge in [0.1, 0.15) is 5.69 Å². The zero-order valence-electron chi connectivity index (χ0n) is 12.6. The fourth-order valence-electron chi connectivity index (χ4n) is 2.13. The maximum atomic E-state index is 12.3. The summed E-state index contributed by atoms with van der Waals surface area (Å²) in [5.41, 5.74) is 2.50. The van der Waals surface area contributed by atoms with Gasteiger partial charge in [-0.3, -0.25) is 9.59 Å².